The number of hydrogen-bond donors (Lipinski definition) is 2. The topological polar surface area (TPSA) is 71.5 Å². The van der Waals surface area contributed by atoms with Gasteiger partial charge in [0.1, 0.15) is 11.0 Å². The molecule has 5 nitrogen and oxygen atoms in total. The second-order valence-electron chi connectivity index (χ2n) is 4.87. The van der Waals surface area contributed by atoms with Gasteiger partial charge in [-0.3, -0.25) is 4.79 Å². The Morgan fingerprint density at radius 3 is 3.05 bits per heavy atom. The van der Waals surface area contributed by atoms with E-state index in [1.54, 1.807) is 12.1 Å². The number of nitrogens with one attached hydrogen (secondary N) is 1. The van der Waals surface area contributed by atoms with E-state index in [0.717, 1.165) is 5.56 Å². The maximum Gasteiger partial charge on any atom is 0.491 e. The first-order chi connectivity index (χ1) is 10.5. The highest BCUT2D eigenvalue weighted by Gasteiger charge is 2.29. The summed E-state index contributed by atoms with van der Waals surface area (Å²) < 4.78 is 19.0. The Hall–Kier alpha value is -1.96. The number of halogens is 2. The number of carbonyl (C=O) groups is 1. The van der Waals surface area contributed by atoms with Crippen molar-refractivity contribution in [1.29, 1.82) is 0 Å². The van der Waals surface area contributed by atoms with Crippen LogP contribution in [0.2, 0.25) is 5.15 Å². The fourth-order valence-corrected chi connectivity index (χ4v) is 2.32. The number of rotatable bonds is 3. The molecule has 2 aromatic rings. The molecule has 0 saturated heterocycles. The number of amides is 1. The van der Waals surface area contributed by atoms with Gasteiger partial charge in [0.2, 0.25) is 0 Å². The van der Waals surface area contributed by atoms with Crippen LogP contribution in [-0.2, 0) is 17.8 Å². The summed E-state index contributed by atoms with van der Waals surface area (Å²) >= 11 is 5.68. The van der Waals surface area contributed by atoms with Crippen LogP contribution in [0.5, 0.6) is 0 Å². The van der Waals surface area contributed by atoms with E-state index < -0.39 is 18.8 Å². The first-order valence-corrected chi connectivity index (χ1v) is 6.93. The molecule has 2 heterocycles. The molecule has 1 aromatic carbocycles. The normalized spacial score (nSPS) is 13.1. The van der Waals surface area contributed by atoms with Crippen LogP contribution in [0.25, 0.3) is 0 Å². The third kappa shape index (κ3) is 2.97. The molecule has 1 amide bonds. The van der Waals surface area contributed by atoms with E-state index in [1.165, 1.54) is 18.3 Å². The summed E-state index contributed by atoms with van der Waals surface area (Å²) in [6.45, 7) is 0.324. The minimum Gasteiger partial charge on any atom is -0.423 e. The van der Waals surface area contributed by atoms with Gasteiger partial charge in [0.25, 0.3) is 5.91 Å². The van der Waals surface area contributed by atoms with Gasteiger partial charge >= 0.3 is 7.12 Å². The van der Waals surface area contributed by atoms with Crippen molar-refractivity contribution in [2.24, 2.45) is 0 Å². The fourth-order valence-electron chi connectivity index (χ4n) is 2.21. The van der Waals surface area contributed by atoms with Gasteiger partial charge < -0.3 is 15.0 Å². The molecule has 0 saturated carbocycles. The highest BCUT2D eigenvalue weighted by atomic mass is 35.5. The zero-order valence-corrected chi connectivity index (χ0v) is 12.1. The van der Waals surface area contributed by atoms with E-state index in [2.05, 4.69) is 10.3 Å². The molecule has 112 valence electrons. The molecule has 0 spiro atoms. The van der Waals surface area contributed by atoms with Gasteiger partial charge in [0.15, 0.2) is 0 Å². The molecule has 22 heavy (non-hydrogen) atoms. The Morgan fingerprint density at radius 2 is 2.32 bits per heavy atom. The quantitative estimate of drug-likeness (QED) is 0.654. The summed E-state index contributed by atoms with van der Waals surface area (Å²) in [5.41, 5.74) is 1.57. The van der Waals surface area contributed by atoms with Crippen molar-refractivity contribution in [3.05, 3.63) is 58.1 Å². The lowest BCUT2D eigenvalue weighted by Crippen LogP contribution is -2.31. The zero-order valence-electron chi connectivity index (χ0n) is 11.3. The number of pyridine rings is 1. The molecular weight excluding hydrogens is 309 g/mol. The van der Waals surface area contributed by atoms with E-state index in [4.69, 9.17) is 16.3 Å². The number of nitrogens with zero attached hydrogens (tertiary/aromatic N) is 1. The van der Waals surface area contributed by atoms with Crippen LogP contribution in [0.3, 0.4) is 0 Å². The summed E-state index contributed by atoms with van der Waals surface area (Å²) in [5.74, 6) is -1.22. The van der Waals surface area contributed by atoms with Crippen LogP contribution in [0.4, 0.5) is 4.39 Å². The second-order valence-corrected chi connectivity index (χ2v) is 5.25. The average Bonchev–Trinajstić information content (AvgIpc) is 2.86. The van der Waals surface area contributed by atoms with E-state index in [9.17, 15) is 14.2 Å². The molecule has 8 heteroatoms. The number of hydrogen-bond acceptors (Lipinski definition) is 4. The van der Waals surface area contributed by atoms with Crippen molar-refractivity contribution in [2.75, 3.05) is 0 Å². The molecule has 0 radical (unpaired) electrons. The summed E-state index contributed by atoms with van der Waals surface area (Å²) in [7, 11) is -1.12. The van der Waals surface area contributed by atoms with Crippen LogP contribution in [0.15, 0.2) is 30.5 Å². The van der Waals surface area contributed by atoms with Gasteiger partial charge in [0.05, 0.1) is 12.2 Å². The molecule has 1 aliphatic heterocycles. The number of carbonyl (C=O) groups excluding carboxylic acids is 1. The lowest BCUT2D eigenvalue weighted by Gasteiger charge is -2.08. The van der Waals surface area contributed by atoms with E-state index in [0.29, 0.717) is 16.2 Å². The molecule has 1 aromatic heterocycles. The molecule has 0 fully saturated rings. The van der Waals surface area contributed by atoms with Crippen molar-refractivity contribution in [1.82, 2.24) is 10.3 Å². The van der Waals surface area contributed by atoms with Crippen molar-refractivity contribution in [2.45, 2.75) is 13.2 Å². The molecule has 3 rings (SSSR count). The first-order valence-electron chi connectivity index (χ1n) is 6.55. The van der Waals surface area contributed by atoms with E-state index in [-0.39, 0.29) is 18.7 Å². The Bertz CT molecular complexity index is 727. The number of aromatic nitrogens is 1. The Labute approximate surface area is 131 Å². The summed E-state index contributed by atoms with van der Waals surface area (Å²) in [6, 6.07) is 5.85. The van der Waals surface area contributed by atoms with Crippen LogP contribution in [0, 0.1) is 5.82 Å². The average molecular weight is 321 g/mol. The molecule has 0 atom stereocenters. The smallest absolute Gasteiger partial charge is 0.423 e. The monoisotopic (exact) mass is 320 g/mol. The first kappa shape index (κ1) is 15.0. The SMILES string of the molecule is O=C(NCc1ccc(Cl)nc1)c1cc2c(cc1F)COB2O. The Kier molecular flexibility index (Phi) is 4.11. The molecular formula is C14H11BClFN2O3. The van der Waals surface area contributed by atoms with Gasteiger partial charge in [-0.15, -0.1) is 0 Å². The van der Waals surface area contributed by atoms with Gasteiger partial charge in [0, 0.05) is 12.7 Å². The standard InChI is InChI=1S/C14H11BClFN2O3/c16-13-2-1-8(5-18-13)6-19-14(20)10-4-11-9(3-12(10)17)7-22-15(11)21/h1-5,21H,6-7H2,(H,19,20). The number of benzene rings is 1. The van der Waals surface area contributed by atoms with E-state index in [1.807, 2.05) is 0 Å². The van der Waals surface area contributed by atoms with Gasteiger partial charge in [-0.25, -0.2) is 9.37 Å². The molecule has 0 bridgehead atoms. The fraction of sp³-hybridized carbons (Fsp3) is 0.143. The van der Waals surface area contributed by atoms with Crippen molar-refractivity contribution in [3.8, 4) is 0 Å². The summed E-state index contributed by atoms with van der Waals surface area (Å²) in [4.78, 5) is 16.0. The summed E-state index contributed by atoms with van der Waals surface area (Å²) in [6.07, 6.45) is 1.53. The molecule has 2 N–H and O–H groups in total. The van der Waals surface area contributed by atoms with Crippen LogP contribution < -0.4 is 10.8 Å². The summed E-state index contributed by atoms with van der Waals surface area (Å²) in [5, 5.41) is 12.6. The molecule has 0 aliphatic carbocycles. The third-order valence-electron chi connectivity index (χ3n) is 3.38. The van der Waals surface area contributed by atoms with E-state index >= 15 is 0 Å². The second kappa shape index (κ2) is 6.04. The Balaban J connectivity index is 1.75. The highest BCUT2D eigenvalue weighted by molar-refractivity contribution is 6.61. The highest BCUT2D eigenvalue weighted by Crippen LogP contribution is 2.15. The van der Waals surface area contributed by atoms with Crippen LogP contribution >= 0.6 is 11.6 Å². The Morgan fingerprint density at radius 1 is 1.50 bits per heavy atom. The predicted octanol–water partition coefficient (Wildman–Crippen LogP) is 1.02. The van der Waals surface area contributed by atoms with Crippen molar-refractivity contribution >= 4 is 30.1 Å². The van der Waals surface area contributed by atoms with Crippen molar-refractivity contribution in [3.63, 3.8) is 0 Å². The lowest BCUT2D eigenvalue weighted by atomic mass is 9.78. The van der Waals surface area contributed by atoms with Gasteiger partial charge in [-0.1, -0.05) is 17.7 Å². The van der Waals surface area contributed by atoms with Crippen LogP contribution in [-0.4, -0.2) is 23.0 Å². The largest absolute Gasteiger partial charge is 0.491 e. The zero-order chi connectivity index (χ0) is 15.7. The van der Waals surface area contributed by atoms with Gasteiger partial charge in [-0.2, -0.15) is 0 Å². The molecule has 0 unspecified atom stereocenters. The maximum atomic E-state index is 14.0. The maximum absolute atomic E-state index is 14.0. The van der Waals surface area contributed by atoms with Crippen molar-refractivity contribution < 1.29 is 18.9 Å². The van der Waals surface area contributed by atoms with Crippen LogP contribution in [0.1, 0.15) is 21.5 Å². The lowest BCUT2D eigenvalue weighted by molar-refractivity contribution is 0.0947. The minimum absolute atomic E-state index is 0.131. The van der Waals surface area contributed by atoms with Gasteiger partial charge in [-0.05, 0) is 34.8 Å². The predicted molar refractivity (Wildman–Crippen MR) is 79.2 cm³/mol. The number of fused-ring (bicyclic) bond motifs is 1. The third-order valence-corrected chi connectivity index (χ3v) is 3.60. The molecule has 1 aliphatic rings. The minimum atomic E-state index is -1.12.